The van der Waals surface area contributed by atoms with Crippen molar-refractivity contribution >= 4 is 46.2 Å². The van der Waals surface area contributed by atoms with E-state index in [9.17, 15) is 9.59 Å². The number of hydrogen-bond donors (Lipinski definition) is 1. The van der Waals surface area contributed by atoms with Crippen molar-refractivity contribution in [2.75, 3.05) is 0 Å². The Bertz CT molecular complexity index is 1130. The third-order valence-corrected chi connectivity index (χ3v) is 5.44. The van der Waals surface area contributed by atoms with Gasteiger partial charge in [0.15, 0.2) is 0 Å². The number of urea groups is 1. The summed E-state index contributed by atoms with van der Waals surface area (Å²) in [7, 11) is 0. The fourth-order valence-corrected chi connectivity index (χ4v) is 3.94. The molecule has 1 saturated heterocycles. The van der Waals surface area contributed by atoms with Gasteiger partial charge in [-0.05, 0) is 38.1 Å². The van der Waals surface area contributed by atoms with Crippen LogP contribution < -0.4 is 5.32 Å². The van der Waals surface area contributed by atoms with Gasteiger partial charge >= 0.3 is 6.03 Å². The number of hydrogen-bond acceptors (Lipinski definition) is 4. The second-order valence-electron chi connectivity index (χ2n) is 6.82. The Labute approximate surface area is 171 Å². The van der Waals surface area contributed by atoms with Gasteiger partial charge in [-0.25, -0.2) is 14.8 Å². The number of imide groups is 1. The zero-order chi connectivity index (χ0) is 20.1. The Balaban J connectivity index is 1.69. The van der Waals surface area contributed by atoms with Crippen LogP contribution in [-0.4, -0.2) is 26.8 Å². The van der Waals surface area contributed by atoms with Crippen molar-refractivity contribution in [1.29, 1.82) is 0 Å². The van der Waals surface area contributed by atoms with Gasteiger partial charge in [-0.3, -0.25) is 9.69 Å². The number of aromatic nitrogens is 2. The maximum Gasteiger partial charge on any atom is 0.325 e. The number of benzene rings is 2. The summed E-state index contributed by atoms with van der Waals surface area (Å²) in [6.07, 6.45) is 0. The Morgan fingerprint density at radius 1 is 1.07 bits per heavy atom. The average molecular weight is 415 g/mol. The minimum atomic E-state index is -1.28. The molecule has 1 atom stereocenters. The summed E-state index contributed by atoms with van der Waals surface area (Å²) in [5.41, 5.74) is 1.90. The highest BCUT2D eigenvalue weighted by atomic mass is 35.5. The van der Waals surface area contributed by atoms with Crippen LogP contribution >= 0.6 is 23.2 Å². The average Bonchev–Trinajstić information content (AvgIpc) is 2.86. The van der Waals surface area contributed by atoms with Gasteiger partial charge in [-0.1, -0.05) is 41.4 Å². The fraction of sp³-hybridized carbons (Fsp3) is 0.200. The first-order valence-corrected chi connectivity index (χ1v) is 9.37. The largest absolute Gasteiger partial charge is 0.325 e. The molecule has 0 radical (unpaired) electrons. The van der Waals surface area contributed by atoms with E-state index < -0.39 is 17.5 Å². The Morgan fingerprint density at radius 3 is 2.43 bits per heavy atom. The molecule has 4 rings (SSSR count). The van der Waals surface area contributed by atoms with Crippen molar-refractivity contribution in [1.82, 2.24) is 20.2 Å². The van der Waals surface area contributed by atoms with Gasteiger partial charge in [0.2, 0.25) is 0 Å². The predicted molar refractivity (Wildman–Crippen MR) is 107 cm³/mol. The van der Waals surface area contributed by atoms with Crippen LogP contribution in [0.2, 0.25) is 10.0 Å². The van der Waals surface area contributed by atoms with Crippen LogP contribution in [0.4, 0.5) is 4.79 Å². The number of carbonyl (C=O) groups excluding carboxylic acids is 2. The van der Waals surface area contributed by atoms with E-state index in [4.69, 9.17) is 23.2 Å². The number of carbonyl (C=O) groups is 2. The molecule has 0 aliphatic carbocycles. The number of halogens is 2. The highest BCUT2D eigenvalue weighted by Crippen LogP contribution is 2.35. The van der Waals surface area contributed by atoms with Crippen LogP contribution in [0.1, 0.15) is 23.9 Å². The molecule has 2 aromatic carbocycles. The quantitative estimate of drug-likeness (QED) is 0.651. The maximum absolute atomic E-state index is 13.2. The number of para-hydroxylation sites is 2. The molecular formula is C20H16Cl2N4O2. The topological polar surface area (TPSA) is 75.2 Å². The summed E-state index contributed by atoms with van der Waals surface area (Å²) in [4.78, 5) is 36.0. The van der Waals surface area contributed by atoms with Crippen LogP contribution in [0.3, 0.4) is 0 Å². The van der Waals surface area contributed by atoms with Gasteiger partial charge < -0.3 is 5.32 Å². The normalized spacial score (nSPS) is 19.4. The molecule has 3 amide bonds. The summed E-state index contributed by atoms with van der Waals surface area (Å²) in [5, 5.41) is 3.51. The molecule has 0 bridgehead atoms. The van der Waals surface area contributed by atoms with Gasteiger partial charge in [0.1, 0.15) is 5.54 Å². The predicted octanol–water partition coefficient (Wildman–Crippen LogP) is 4.21. The molecule has 28 heavy (non-hydrogen) atoms. The Morgan fingerprint density at radius 2 is 1.75 bits per heavy atom. The minimum Gasteiger partial charge on any atom is -0.319 e. The van der Waals surface area contributed by atoms with Crippen LogP contribution in [0.25, 0.3) is 11.0 Å². The van der Waals surface area contributed by atoms with Gasteiger partial charge in [-0.2, -0.15) is 0 Å². The molecule has 3 aromatic rings. The zero-order valence-corrected chi connectivity index (χ0v) is 16.7. The van der Waals surface area contributed by atoms with E-state index in [-0.39, 0.29) is 6.54 Å². The van der Waals surface area contributed by atoms with E-state index in [1.807, 2.05) is 31.2 Å². The molecule has 8 heteroatoms. The summed E-state index contributed by atoms with van der Waals surface area (Å²) >= 11 is 12.2. The van der Waals surface area contributed by atoms with Crippen molar-refractivity contribution in [3.8, 4) is 0 Å². The molecule has 1 aliphatic rings. The summed E-state index contributed by atoms with van der Waals surface area (Å²) in [6.45, 7) is 3.46. The smallest absolute Gasteiger partial charge is 0.319 e. The molecule has 1 N–H and O–H groups in total. The lowest BCUT2D eigenvalue weighted by atomic mass is 9.92. The van der Waals surface area contributed by atoms with E-state index in [1.165, 1.54) is 0 Å². The number of rotatable bonds is 3. The zero-order valence-electron chi connectivity index (χ0n) is 15.2. The third-order valence-electron chi connectivity index (χ3n) is 4.90. The molecule has 1 aromatic heterocycles. The number of amides is 3. The first kappa shape index (κ1) is 18.7. The lowest BCUT2D eigenvalue weighted by Crippen LogP contribution is -2.41. The first-order valence-electron chi connectivity index (χ1n) is 8.61. The van der Waals surface area contributed by atoms with Gasteiger partial charge in [0.25, 0.3) is 5.91 Å². The molecule has 6 nitrogen and oxygen atoms in total. The highest BCUT2D eigenvalue weighted by molar-refractivity contribution is 6.35. The lowest BCUT2D eigenvalue weighted by molar-refractivity contribution is -0.131. The summed E-state index contributed by atoms with van der Waals surface area (Å²) in [6, 6.07) is 11.8. The molecule has 0 saturated carbocycles. The van der Waals surface area contributed by atoms with Crippen LogP contribution in [-0.2, 0) is 16.9 Å². The number of nitrogens with zero attached hydrogens (tertiary/aromatic N) is 3. The standard InChI is InChI=1S/C20H16Cl2N4O2/c1-11-17(24-16-6-4-3-5-15(16)23-11)10-26-18(27)20(2,25-19(26)28)13-8-7-12(21)9-14(13)22/h3-9H,10H2,1-2H3,(H,25,28). The molecule has 0 spiro atoms. The third kappa shape index (κ3) is 2.99. The van der Waals surface area contributed by atoms with Gasteiger partial charge in [0.05, 0.1) is 29.0 Å². The molecule has 142 valence electrons. The second-order valence-corrected chi connectivity index (χ2v) is 7.66. The van der Waals surface area contributed by atoms with Crippen molar-refractivity contribution < 1.29 is 9.59 Å². The second kappa shape index (κ2) is 6.72. The fourth-order valence-electron chi connectivity index (χ4n) is 3.34. The van der Waals surface area contributed by atoms with E-state index in [1.54, 1.807) is 25.1 Å². The SMILES string of the molecule is Cc1nc2ccccc2nc1CN1C(=O)NC(C)(c2ccc(Cl)cc2Cl)C1=O. The van der Waals surface area contributed by atoms with Crippen molar-refractivity contribution in [2.45, 2.75) is 25.9 Å². The van der Waals surface area contributed by atoms with Crippen molar-refractivity contribution in [3.63, 3.8) is 0 Å². The van der Waals surface area contributed by atoms with Gasteiger partial charge in [0, 0.05) is 15.6 Å². The maximum atomic E-state index is 13.2. The molecular weight excluding hydrogens is 399 g/mol. The minimum absolute atomic E-state index is 0.0229. The van der Waals surface area contributed by atoms with E-state index in [2.05, 4.69) is 15.3 Å². The number of nitrogens with one attached hydrogen (secondary N) is 1. The van der Waals surface area contributed by atoms with Gasteiger partial charge in [-0.15, -0.1) is 0 Å². The van der Waals surface area contributed by atoms with Crippen LogP contribution in [0.5, 0.6) is 0 Å². The Hall–Kier alpha value is -2.70. The highest BCUT2D eigenvalue weighted by Gasteiger charge is 2.50. The molecule has 2 heterocycles. The summed E-state index contributed by atoms with van der Waals surface area (Å²) < 4.78 is 0. The van der Waals surface area contributed by atoms with Crippen molar-refractivity contribution in [3.05, 3.63) is 69.5 Å². The Kier molecular flexibility index (Phi) is 4.48. The molecule has 1 aliphatic heterocycles. The number of aryl methyl sites for hydroxylation is 1. The lowest BCUT2D eigenvalue weighted by Gasteiger charge is -2.23. The van der Waals surface area contributed by atoms with Crippen molar-refractivity contribution in [2.24, 2.45) is 0 Å². The summed E-state index contributed by atoms with van der Waals surface area (Å²) in [5.74, 6) is -0.406. The number of fused-ring (bicyclic) bond motifs is 1. The van der Waals surface area contributed by atoms with Crippen LogP contribution in [0.15, 0.2) is 42.5 Å². The van der Waals surface area contributed by atoms with E-state index in [0.29, 0.717) is 32.5 Å². The monoisotopic (exact) mass is 414 g/mol. The van der Waals surface area contributed by atoms with E-state index in [0.717, 1.165) is 10.4 Å². The van der Waals surface area contributed by atoms with Crippen LogP contribution in [0, 0.1) is 6.92 Å². The molecule has 1 fully saturated rings. The molecule has 1 unspecified atom stereocenters. The van der Waals surface area contributed by atoms with E-state index >= 15 is 0 Å². The first-order chi connectivity index (χ1) is 13.3.